The molecule has 25 heavy (non-hydrogen) atoms. The number of benzene rings is 2. The molecule has 1 saturated heterocycles. The van der Waals surface area contributed by atoms with Gasteiger partial charge in [-0.05, 0) is 23.8 Å². The Balaban J connectivity index is 1.83. The summed E-state index contributed by atoms with van der Waals surface area (Å²) in [6, 6.07) is 18.4. The molecule has 126 valence electrons. The molecular formula is C21H19NO3. The van der Waals surface area contributed by atoms with Crippen LogP contribution in [0.15, 0.2) is 73.3 Å². The van der Waals surface area contributed by atoms with Crippen molar-refractivity contribution in [3.8, 4) is 11.8 Å². The normalized spacial score (nSPS) is 20.4. The Morgan fingerprint density at radius 3 is 2.44 bits per heavy atom. The van der Waals surface area contributed by atoms with Crippen LogP contribution in [0.5, 0.6) is 0 Å². The lowest BCUT2D eigenvalue weighted by Gasteiger charge is -2.25. The molecule has 1 N–H and O–H groups in total. The van der Waals surface area contributed by atoms with Crippen LogP contribution in [0.4, 0.5) is 4.79 Å². The summed E-state index contributed by atoms with van der Waals surface area (Å²) < 4.78 is 5.32. The lowest BCUT2D eigenvalue weighted by molar-refractivity contribution is 0.108. The third-order valence-electron chi connectivity index (χ3n) is 4.06. The van der Waals surface area contributed by atoms with Crippen molar-refractivity contribution in [2.45, 2.75) is 24.8 Å². The summed E-state index contributed by atoms with van der Waals surface area (Å²) in [5.74, 6) is 5.76. The zero-order valence-corrected chi connectivity index (χ0v) is 13.7. The maximum atomic E-state index is 12.2. The van der Waals surface area contributed by atoms with Crippen molar-refractivity contribution in [1.82, 2.24) is 4.90 Å². The molecule has 0 unspecified atom stereocenters. The second-order valence-corrected chi connectivity index (χ2v) is 5.77. The first-order chi connectivity index (χ1) is 12.2. The van der Waals surface area contributed by atoms with Crippen molar-refractivity contribution >= 4 is 6.09 Å². The monoisotopic (exact) mass is 333 g/mol. The van der Waals surface area contributed by atoms with Gasteiger partial charge in [-0.25, -0.2) is 4.79 Å². The molecule has 0 spiro atoms. The number of aliphatic hydroxyl groups excluding tert-OH is 1. The molecule has 1 aliphatic rings. The highest BCUT2D eigenvalue weighted by molar-refractivity contribution is 5.71. The van der Waals surface area contributed by atoms with Gasteiger partial charge in [0.2, 0.25) is 0 Å². The van der Waals surface area contributed by atoms with E-state index in [1.54, 1.807) is 0 Å². The van der Waals surface area contributed by atoms with Crippen molar-refractivity contribution in [3.63, 3.8) is 0 Å². The van der Waals surface area contributed by atoms with Crippen LogP contribution in [0.25, 0.3) is 0 Å². The van der Waals surface area contributed by atoms with E-state index in [9.17, 15) is 9.90 Å². The summed E-state index contributed by atoms with van der Waals surface area (Å²) in [6.07, 6.45) is -0.588. The number of carbonyl (C=O) groups excluding carboxylic acids is 1. The fourth-order valence-electron chi connectivity index (χ4n) is 2.80. The van der Waals surface area contributed by atoms with Gasteiger partial charge in [0.1, 0.15) is 18.2 Å². The maximum absolute atomic E-state index is 12.2. The molecule has 0 bridgehead atoms. The Morgan fingerprint density at radius 1 is 1.16 bits per heavy atom. The number of ether oxygens (including phenoxy) is 1. The second-order valence-electron chi connectivity index (χ2n) is 5.77. The standard InChI is InChI=1S/C21H19NO3/c1-2-19-20(18(23)14-13-16-9-5-3-6-10-16)22(21(24)25-19)15-17-11-7-4-8-12-17/h2-12,18-20,23H,1,15H2/t18-,19-,20+/m1/s1. The average molecular weight is 333 g/mol. The second kappa shape index (κ2) is 7.69. The van der Waals surface area contributed by atoms with E-state index in [0.717, 1.165) is 11.1 Å². The van der Waals surface area contributed by atoms with Crippen LogP contribution in [0, 0.1) is 11.8 Å². The van der Waals surface area contributed by atoms with Gasteiger partial charge in [-0.2, -0.15) is 0 Å². The smallest absolute Gasteiger partial charge is 0.411 e. The summed E-state index contributed by atoms with van der Waals surface area (Å²) in [6.45, 7) is 4.05. The van der Waals surface area contributed by atoms with Gasteiger partial charge in [0.05, 0.1) is 0 Å². The minimum absolute atomic E-state index is 0.346. The Bertz CT molecular complexity index is 792. The van der Waals surface area contributed by atoms with Gasteiger partial charge >= 0.3 is 6.09 Å². The topological polar surface area (TPSA) is 49.8 Å². The highest BCUT2D eigenvalue weighted by Crippen LogP contribution is 2.25. The number of rotatable bonds is 4. The first-order valence-electron chi connectivity index (χ1n) is 8.07. The van der Waals surface area contributed by atoms with Crippen LogP contribution < -0.4 is 0 Å². The van der Waals surface area contributed by atoms with Gasteiger partial charge in [-0.3, -0.25) is 4.90 Å². The van der Waals surface area contributed by atoms with Crippen molar-refractivity contribution in [3.05, 3.63) is 84.4 Å². The largest absolute Gasteiger partial charge is 0.439 e. The molecule has 4 heteroatoms. The Labute approximate surface area is 147 Å². The SMILES string of the molecule is C=C[C@H]1OC(=O)N(Cc2ccccc2)[C@H]1[C@H](O)C#Cc1ccccc1. The number of hydrogen-bond donors (Lipinski definition) is 1. The first kappa shape index (κ1) is 16.8. The summed E-state index contributed by atoms with van der Waals surface area (Å²) in [4.78, 5) is 13.7. The summed E-state index contributed by atoms with van der Waals surface area (Å²) in [5.41, 5.74) is 1.76. The molecule has 1 aliphatic heterocycles. The number of cyclic esters (lactones) is 1. The van der Waals surface area contributed by atoms with Crippen LogP contribution in [0.1, 0.15) is 11.1 Å². The van der Waals surface area contributed by atoms with Crippen LogP contribution in [0.3, 0.4) is 0 Å². The van der Waals surface area contributed by atoms with Crippen molar-refractivity contribution < 1.29 is 14.6 Å². The highest BCUT2D eigenvalue weighted by atomic mass is 16.6. The third kappa shape index (κ3) is 3.90. The van der Waals surface area contributed by atoms with Crippen LogP contribution in [0.2, 0.25) is 0 Å². The van der Waals surface area contributed by atoms with E-state index in [1.807, 2.05) is 60.7 Å². The number of nitrogens with zero attached hydrogens (tertiary/aromatic N) is 1. The Morgan fingerprint density at radius 2 is 1.80 bits per heavy atom. The van der Waals surface area contributed by atoms with Gasteiger partial charge in [0.15, 0.2) is 0 Å². The molecule has 1 heterocycles. The van der Waals surface area contributed by atoms with Crippen molar-refractivity contribution in [2.24, 2.45) is 0 Å². The minimum Gasteiger partial charge on any atom is -0.439 e. The molecule has 3 rings (SSSR count). The third-order valence-corrected chi connectivity index (χ3v) is 4.06. The van der Waals surface area contributed by atoms with E-state index in [4.69, 9.17) is 4.74 Å². The number of aliphatic hydroxyl groups is 1. The molecule has 2 aromatic carbocycles. The highest BCUT2D eigenvalue weighted by Gasteiger charge is 2.43. The Kier molecular flexibility index (Phi) is 5.17. The molecule has 0 saturated carbocycles. The molecule has 3 atom stereocenters. The molecule has 2 aromatic rings. The maximum Gasteiger partial charge on any atom is 0.411 e. The molecule has 4 nitrogen and oxygen atoms in total. The van der Waals surface area contributed by atoms with Gasteiger partial charge in [-0.15, -0.1) is 0 Å². The summed E-state index contributed by atoms with van der Waals surface area (Å²) in [7, 11) is 0. The van der Waals surface area contributed by atoms with E-state index in [-0.39, 0.29) is 0 Å². The van der Waals surface area contributed by atoms with Crippen molar-refractivity contribution in [2.75, 3.05) is 0 Å². The molecule has 1 amide bonds. The zero-order chi connectivity index (χ0) is 17.6. The van der Waals surface area contributed by atoms with E-state index >= 15 is 0 Å². The van der Waals surface area contributed by atoms with E-state index in [0.29, 0.717) is 6.54 Å². The lowest BCUT2D eigenvalue weighted by Crippen LogP contribution is -2.44. The molecule has 0 radical (unpaired) electrons. The van der Waals surface area contributed by atoms with E-state index in [1.165, 1.54) is 11.0 Å². The van der Waals surface area contributed by atoms with Gasteiger partial charge in [0.25, 0.3) is 0 Å². The molecule has 0 aromatic heterocycles. The molecule has 1 fully saturated rings. The molecular weight excluding hydrogens is 314 g/mol. The molecule has 0 aliphatic carbocycles. The Hall–Kier alpha value is -3.03. The average Bonchev–Trinajstić information content (AvgIpc) is 2.97. The van der Waals surface area contributed by atoms with Crippen molar-refractivity contribution in [1.29, 1.82) is 0 Å². The van der Waals surface area contributed by atoms with Crippen LogP contribution in [-0.4, -0.2) is 34.3 Å². The van der Waals surface area contributed by atoms with Crippen LogP contribution in [-0.2, 0) is 11.3 Å². The van der Waals surface area contributed by atoms with Gasteiger partial charge < -0.3 is 9.84 Å². The zero-order valence-electron chi connectivity index (χ0n) is 13.7. The fraction of sp³-hybridized carbons (Fsp3) is 0.190. The summed E-state index contributed by atoms with van der Waals surface area (Å²) >= 11 is 0. The fourth-order valence-corrected chi connectivity index (χ4v) is 2.80. The van der Waals surface area contributed by atoms with Gasteiger partial charge in [-0.1, -0.05) is 67.0 Å². The first-order valence-corrected chi connectivity index (χ1v) is 8.07. The number of hydrogen-bond acceptors (Lipinski definition) is 3. The number of amides is 1. The predicted molar refractivity (Wildman–Crippen MR) is 95.6 cm³/mol. The van der Waals surface area contributed by atoms with Crippen LogP contribution >= 0.6 is 0 Å². The van der Waals surface area contributed by atoms with Gasteiger partial charge in [0, 0.05) is 12.1 Å². The van der Waals surface area contributed by atoms with E-state index in [2.05, 4.69) is 18.4 Å². The summed E-state index contributed by atoms with van der Waals surface area (Å²) in [5, 5.41) is 10.6. The predicted octanol–water partition coefficient (Wildman–Crippen LogP) is 2.97. The minimum atomic E-state index is -1.04. The van der Waals surface area contributed by atoms with E-state index < -0.39 is 24.3 Å². The lowest BCUT2D eigenvalue weighted by atomic mass is 10.0. The quantitative estimate of drug-likeness (QED) is 0.691. The number of carbonyl (C=O) groups is 1.